The molecule has 2 aromatic carbocycles. The molecule has 0 aliphatic rings. The van der Waals surface area contributed by atoms with Crippen LogP contribution in [0, 0.1) is 13.8 Å². The number of carbonyl (C=O) groups is 1. The lowest BCUT2D eigenvalue weighted by Gasteiger charge is -2.11. The predicted octanol–water partition coefficient (Wildman–Crippen LogP) is 4.01. The molecule has 0 aliphatic heterocycles. The van der Waals surface area contributed by atoms with Crippen LogP contribution >= 0.6 is 0 Å². The molecule has 0 saturated heterocycles. The molecule has 3 aromatic rings. The van der Waals surface area contributed by atoms with Crippen molar-refractivity contribution in [3.8, 4) is 22.6 Å². The van der Waals surface area contributed by atoms with Crippen LogP contribution in [0.3, 0.4) is 0 Å². The summed E-state index contributed by atoms with van der Waals surface area (Å²) >= 11 is 0. The number of hydrogen-bond donors (Lipinski definition) is 0. The van der Waals surface area contributed by atoms with Crippen molar-refractivity contribution >= 4 is 16.9 Å². The molecule has 0 saturated carbocycles. The average Bonchev–Trinajstić information content (AvgIpc) is 2.58. The van der Waals surface area contributed by atoms with Gasteiger partial charge in [0.05, 0.1) is 18.1 Å². The fourth-order valence-electron chi connectivity index (χ4n) is 2.84. The second-order valence-electron chi connectivity index (χ2n) is 5.75. The first kappa shape index (κ1) is 16.8. The third-order valence-electron chi connectivity index (χ3n) is 4.07. The molecule has 0 N–H and O–H groups in total. The highest BCUT2D eigenvalue weighted by Crippen LogP contribution is 2.30. The van der Waals surface area contributed by atoms with Gasteiger partial charge in [-0.15, -0.1) is 0 Å². The lowest BCUT2D eigenvalue weighted by molar-refractivity contribution is -0.131. The third-order valence-corrected chi connectivity index (χ3v) is 4.07. The Morgan fingerprint density at radius 3 is 2.32 bits per heavy atom. The van der Waals surface area contributed by atoms with Crippen LogP contribution in [0.1, 0.15) is 18.2 Å². The lowest BCUT2D eigenvalue weighted by Crippen LogP contribution is -2.09. The Balaban J connectivity index is 2.22. The van der Waals surface area contributed by atoms with E-state index in [-0.39, 0.29) is 5.43 Å². The van der Waals surface area contributed by atoms with E-state index in [4.69, 9.17) is 13.9 Å². The highest BCUT2D eigenvalue weighted by molar-refractivity contribution is 5.87. The third kappa shape index (κ3) is 3.01. The molecule has 1 aromatic heterocycles. The van der Waals surface area contributed by atoms with Gasteiger partial charge in [0.25, 0.3) is 0 Å². The van der Waals surface area contributed by atoms with Crippen LogP contribution in [0.5, 0.6) is 11.5 Å². The molecule has 0 aliphatic carbocycles. The van der Waals surface area contributed by atoms with E-state index in [1.165, 1.54) is 6.92 Å². The quantitative estimate of drug-likeness (QED) is 0.533. The van der Waals surface area contributed by atoms with E-state index in [1.807, 2.05) is 12.1 Å². The number of carbonyl (C=O) groups excluding carboxylic acids is 1. The standard InChI is InChI=1S/C20H18O5/c1-11-17(25-13(3)21)10-9-16-19(22)18(12(2)24-20(11)16)14-5-7-15(23-4)8-6-14/h5-10H,1-4H3. The summed E-state index contributed by atoms with van der Waals surface area (Å²) in [6, 6.07) is 10.5. The summed E-state index contributed by atoms with van der Waals surface area (Å²) in [7, 11) is 1.59. The Labute approximate surface area is 144 Å². The van der Waals surface area contributed by atoms with Gasteiger partial charge >= 0.3 is 5.97 Å². The first-order chi connectivity index (χ1) is 11.9. The van der Waals surface area contributed by atoms with E-state index in [0.29, 0.717) is 39.4 Å². The molecule has 0 bridgehead atoms. The zero-order chi connectivity index (χ0) is 18.1. The SMILES string of the molecule is COc1ccc(-c2c(C)oc3c(C)c(OC(C)=O)ccc3c2=O)cc1. The lowest BCUT2D eigenvalue weighted by atomic mass is 10.0. The largest absolute Gasteiger partial charge is 0.497 e. The smallest absolute Gasteiger partial charge is 0.308 e. The molecule has 0 atom stereocenters. The molecule has 0 fully saturated rings. The maximum absolute atomic E-state index is 13.0. The molecule has 0 amide bonds. The zero-order valence-electron chi connectivity index (χ0n) is 14.5. The van der Waals surface area contributed by atoms with Gasteiger partial charge in [0.1, 0.15) is 22.8 Å². The molecule has 1 heterocycles. The number of methoxy groups -OCH3 is 1. The van der Waals surface area contributed by atoms with Gasteiger partial charge in [-0.3, -0.25) is 9.59 Å². The van der Waals surface area contributed by atoms with E-state index >= 15 is 0 Å². The highest BCUT2D eigenvalue weighted by atomic mass is 16.5. The Hall–Kier alpha value is -3.08. The molecular formula is C20H18O5. The maximum Gasteiger partial charge on any atom is 0.308 e. The molecule has 0 radical (unpaired) electrons. The number of hydrogen-bond acceptors (Lipinski definition) is 5. The molecule has 0 spiro atoms. The van der Waals surface area contributed by atoms with E-state index in [1.54, 1.807) is 45.2 Å². The number of esters is 1. The monoisotopic (exact) mass is 338 g/mol. The van der Waals surface area contributed by atoms with Crippen molar-refractivity contribution in [3.63, 3.8) is 0 Å². The van der Waals surface area contributed by atoms with E-state index in [2.05, 4.69) is 0 Å². The molecular weight excluding hydrogens is 320 g/mol. The molecule has 5 nitrogen and oxygen atoms in total. The van der Waals surface area contributed by atoms with Crippen molar-refractivity contribution in [1.29, 1.82) is 0 Å². The topological polar surface area (TPSA) is 65.7 Å². The first-order valence-corrected chi connectivity index (χ1v) is 7.82. The molecule has 25 heavy (non-hydrogen) atoms. The summed E-state index contributed by atoms with van der Waals surface area (Å²) in [5.74, 6) is 1.19. The summed E-state index contributed by atoms with van der Waals surface area (Å²) < 4.78 is 16.2. The minimum atomic E-state index is -0.420. The number of benzene rings is 2. The summed E-state index contributed by atoms with van der Waals surface area (Å²) in [5.41, 5.74) is 2.19. The molecule has 3 rings (SSSR count). The highest BCUT2D eigenvalue weighted by Gasteiger charge is 2.17. The van der Waals surface area contributed by atoms with Gasteiger partial charge in [-0.25, -0.2) is 0 Å². The van der Waals surface area contributed by atoms with Crippen molar-refractivity contribution in [1.82, 2.24) is 0 Å². The minimum absolute atomic E-state index is 0.124. The summed E-state index contributed by atoms with van der Waals surface area (Å²) in [6.07, 6.45) is 0. The minimum Gasteiger partial charge on any atom is -0.497 e. The van der Waals surface area contributed by atoms with Crippen LogP contribution in [0.2, 0.25) is 0 Å². The molecule has 5 heteroatoms. The summed E-state index contributed by atoms with van der Waals surface area (Å²) in [6.45, 7) is 4.84. The fraction of sp³-hybridized carbons (Fsp3) is 0.200. The van der Waals surface area contributed by atoms with Gasteiger partial charge in [0, 0.05) is 12.5 Å². The number of fused-ring (bicyclic) bond motifs is 1. The van der Waals surface area contributed by atoms with Gasteiger partial charge in [-0.1, -0.05) is 12.1 Å². The first-order valence-electron chi connectivity index (χ1n) is 7.82. The van der Waals surface area contributed by atoms with Crippen LogP contribution in [-0.4, -0.2) is 13.1 Å². The zero-order valence-corrected chi connectivity index (χ0v) is 14.5. The molecule has 128 valence electrons. The Morgan fingerprint density at radius 2 is 1.72 bits per heavy atom. The number of rotatable bonds is 3. The average molecular weight is 338 g/mol. The molecule has 0 unspecified atom stereocenters. The van der Waals surface area contributed by atoms with Crippen molar-refractivity contribution in [3.05, 3.63) is 57.9 Å². The van der Waals surface area contributed by atoms with Gasteiger partial charge in [-0.05, 0) is 43.7 Å². The fourth-order valence-corrected chi connectivity index (χ4v) is 2.84. The summed E-state index contributed by atoms with van der Waals surface area (Å²) in [5, 5.41) is 0.449. The van der Waals surface area contributed by atoms with Gasteiger partial charge in [0.15, 0.2) is 0 Å². The van der Waals surface area contributed by atoms with Crippen LogP contribution in [0.4, 0.5) is 0 Å². The Morgan fingerprint density at radius 1 is 1.04 bits per heavy atom. The Kier molecular flexibility index (Phi) is 4.31. The number of ether oxygens (including phenoxy) is 2. The van der Waals surface area contributed by atoms with Crippen LogP contribution in [0.15, 0.2) is 45.6 Å². The second-order valence-corrected chi connectivity index (χ2v) is 5.75. The second kappa shape index (κ2) is 6.43. The van der Waals surface area contributed by atoms with Crippen molar-refractivity contribution in [2.45, 2.75) is 20.8 Å². The summed E-state index contributed by atoms with van der Waals surface area (Å²) in [4.78, 5) is 24.2. The van der Waals surface area contributed by atoms with Gasteiger partial charge in [0.2, 0.25) is 5.43 Å². The predicted molar refractivity (Wildman–Crippen MR) is 95.3 cm³/mol. The van der Waals surface area contributed by atoms with Crippen molar-refractivity contribution in [2.75, 3.05) is 7.11 Å². The van der Waals surface area contributed by atoms with Crippen molar-refractivity contribution < 1.29 is 18.7 Å². The van der Waals surface area contributed by atoms with E-state index in [9.17, 15) is 9.59 Å². The number of aryl methyl sites for hydroxylation is 2. The van der Waals surface area contributed by atoms with Gasteiger partial charge < -0.3 is 13.9 Å². The van der Waals surface area contributed by atoms with Crippen molar-refractivity contribution in [2.24, 2.45) is 0 Å². The van der Waals surface area contributed by atoms with E-state index in [0.717, 1.165) is 5.56 Å². The van der Waals surface area contributed by atoms with Crippen LogP contribution in [0.25, 0.3) is 22.1 Å². The van der Waals surface area contributed by atoms with Gasteiger partial charge in [-0.2, -0.15) is 0 Å². The Bertz CT molecular complexity index is 1010. The van der Waals surface area contributed by atoms with E-state index < -0.39 is 5.97 Å². The van der Waals surface area contributed by atoms with Crippen LogP contribution < -0.4 is 14.9 Å². The van der Waals surface area contributed by atoms with Crippen LogP contribution in [-0.2, 0) is 4.79 Å². The maximum atomic E-state index is 13.0. The normalized spacial score (nSPS) is 10.7.